The number of aromatic carboxylic acids is 1. The Morgan fingerprint density at radius 2 is 1.93 bits per heavy atom. The molecule has 142 valence electrons. The van der Waals surface area contributed by atoms with Crippen molar-refractivity contribution in [1.82, 2.24) is 14.9 Å². The quantitative estimate of drug-likeness (QED) is 0.845. The summed E-state index contributed by atoms with van der Waals surface area (Å²) in [5.41, 5.74) is 1.68. The predicted octanol–water partition coefficient (Wildman–Crippen LogP) is 2.27. The summed E-state index contributed by atoms with van der Waals surface area (Å²) in [5.74, 6) is -0.847. The highest BCUT2D eigenvalue weighted by Gasteiger charge is 2.28. The van der Waals surface area contributed by atoms with Crippen molar-refractivity contribution in [2.45, 2.75) is 46.1 Å². The Morgan fingerprint density at radius 3 is 2.52 bits per heavy atom. The van der Waals surface area contributed by atoms with Crippen LogP contribution in [0.4, 0.5) is 0 Å². The third-order valence-electron chi connectivity index (χ3n) is 4.78. The van der Waals surface area contributed by atoms with Gasteiger partial charge in [0.2, 0.25) is 0 Å². The number of carboxylic acids is 1. The number of H-pyrrole nitrogens is 1. The second-order valence-corrected chi connectivity index (χ2v) is 7.89. The van der Waals surface area contributed by atoms with E-state index in [0.717, 1.165) is 11.1 Å². The Kier molecular flexibility index (Phi) is 4.63. The van der Waals surface area contributed by atoms with Crippen LogP contribution in [0.25, 0.3) is 0 Å². The zero-order valence-corrected chi connectivity index (χ0v) is 15.9. The van der Waals surface area contributed by atoms with Crippen molar-refractivity contribution in [3.05, 3.63) is 62.3 Å². The highest BCUT2D eigenvalue weighted by Crippen LogP contribution is 2.23. The molecule has 27 heavy (non-hydrogen) atoms. The van der Waals surface area contributed by atoms with Gasteiger partial charge in [-0.15, -0.1) is 0 Å². The molecular weight excluding hydrogens is 346 g/mol. The number of carbonyl (C=O) groups excluding carboxylic acids is 1. The standard InChI is InChI=1S/C20H23N3O4/c1-11-15(16(24)22-19(21-11)20(2,3)4)17(25)23-8-7-12-5-6-13(18(26)27)9-14(12)10-23/h5-6,9H,7-8,10H2,1-4H3,(H,26,27)(H,21,22,24). The number of rotatable bonds is 2. The molecule has 1 aromatic heterocycles. The molecule has 2 heterocycles. The van der Waals surface area contributed by atoms with Crippen LogP contribution >= 0.6 is 0 Å². The lowest BCUT2D eigenvalue weighted by atomic mass is 9.95. The Morgan fingerprint density at radius 1 is 1.22 bits per heavy atom. The SMILES string of the molecule is Cc1nc(C(C)(C)C)[nH]c(=O)c1C(=O)N1CCc2ccc(C(=O)O)cc2C1. The smallest absolute Gasteiger partial charge is 0.335 e. The molecule has 0 radical (unpaired) electrons. The maximum Gasteiger partial charge on any atom is 0.335 e. The number of carboxylic acid groups (broad SMARTS) is 1. The summed E-state index contributed by atoms with van der Waals surface area (Å²) >= 11 is 0. The fourth-order valence-electron chi connectivity index (χ4n) is 3.21. The van der Waals surface area contributed by atoms with E-state index in [9.17, 15) is 14.4 Å². The molecular formula is C20H23N3O4. The number of carbonyl (C=O) groups is 2. The van der Waals surface area contributed by atoms with E-state index < -0.39 is 11.5 Å². The molecule has 7 heteroatoms. The average Bonchev–Trinajstić information content (AvgIpc) is 2.59. The molecule has 0 spiro atoms. The Labute approximate surface area is 157 Å². The Hall–Kier alpha value is -2.96. The summed E-state index contributed by atoms with van der Waals surface area (Å²) in [7, 11) is 0. The zero-order chi connectivity index (χ0) is 19.9. The van der Waals surface area contributed by atoms with E-state index in [1.807, 2.05) is 20.8 Å². The van der Waals surface area contributed by atoms with E-state index >= 15 is 0 Å². The van der Waals surface area contributed by atoms with E-state index in [1.165, 1.54) is 0 Å². The first kappa shape index (κ1) is 18.8. The van der Waals surface area contributed by atoms with E-state index in [1.54, 1.807) is 30.0 Å². The molecule has 2 aromatic rings. The Bertz CT molecular complexity index is 986. The van der Waals surface area contributed by atoms with Crippen molar-refractivity contribution in [2.75, 3.05) is 6.54 Å². The lowest BCUT2D eigenvalue weighted by molar-refractivity contribution is 0.0696. The summed E-state index contributed by atoms with van der Waals surface area (Å²) < 4.78 is 0. The average molecular weight is 369 g/mol. The van der Waals surface area contributed by atoms with Gasteiger partial charge in [-0.1, -0.05) is 26.8 Å². The van der Waals surface area contributed by atoms with Gasteiger partial charge in [-0.25, -0.2) is 9.78 Å². The number of hydrogen-bond acceptors (Lipinski definition) is 4. The Balaban J connectivity index is 1.93. The fraction of sp³-hybridized carbons (Fsp3) is 0.400. The van der Waals surface area contributed by atoms with E-state index in [-0.39, 0.29) is 29.0 Å². The number of amides is 1. The zero-order valence-electron chi connectivity index (χ0n) is 15.9. The van der Waals surface area contributed by atoms with Gasteiger partial charge in [0.05, 0.1) is 11.3 Å². The summed E-state index contributed by atoms with van der Waals surface area (Å²) in [4.78, 5) is 45.5. The second-order valence-electron chi connectivity index (χ2n) is 7.89. The molecule has 0 atom stereocenters. The van der Waals surface area contributed by atoms with Crippen LogP contribution in [0, 0.1) is 6.92 Å². The van der Waals surface area contributed by atoms with Crippen LogP contribution in [0.3, 0.4) is 0 Å². The van der Waals surface area contributed by atoms with Gasteiger partial charge in [0.15, 0.2) is 0 Å². The lowest BCUT2D eigenvalue weighted by Crippen LogP contribution is -2.40. The molecule has 0 saturated carbocycles. The van der Waals surface area contributed by atoms with Crippen molar-refractivity contribution < 1.29 is 14.7 Å². The maximum atomic E-state index is 13.0. The molecule has 7 nitrogen and oxygen atoms in total. The van der Waals surface area contributed by atoms with Crippen LogP contribution in [0.1, 0.15) is 64.1 Å². The topological polar surface area (TPSA) is 103 Å². The molecule has 1 aliphatic rings. The van der Waals surface area contributed by atoms with Gasteiger partial charge >= 0.3 is 5.97 Å². The van der Waals surface area contributed by atoms with Gasteiger partial charge in [-0.05, 0) is 36.6 Å². The first-order valence-corrected chi connectivity index (χ1v) is 8.83. The van der Waals surface area contributed by atoms with Crippen molar-refractivity contribution in [3.63, 3.8) is 0 Å². The van der Waals surface area contributed by atoms with Gasteiger partial charge in [-0.3, -0.25) is 9.59 Å². The highest BCUT2D eigenvalue weighted by molar-refractivity contribution is 5.95. The van der Waals surface area contributed by atoms with Crippen LogP contribution in [-0.4, -0.2) is 38.4 Å². The third-order valence-corrected chi connectivity index (χ3v) is 4.78. The number of fused-ring (bicyclic) bond motifs is 1. The van der Waals surface area contributed by atoms with Crippen LogP contribution in [0.2, 0.25) is 0 Å². The molecule has 0 unspecified atom stereocenters. The molecule has 3 rings (SSSR count). The molecule has 0 bridgehead atoms. The van der Waals surface area contributed by atoms with Crippen LogP contribution < -0.4 is 5.56 Å². The maximum absolute atomic E-state index is 13.0. The van der Waals surface area contributed by atoms with Crippen LogP contribution in [-0.2, 0) is 18.4 Å². The van der Waals surface area contributed by atoms with Crippen molar-refractivity contribution >= 4 is 11.9 Å². The van der Waals surface area contributed by atoms with Gasteiger partial charge in [0, 0.05) is 18.5 Å². The fourth-order valence-corrected chi connectivity index (χ4v) is 3.21. The largest absolute Gasteiger partial charge is 0.478 e. The summed E-state index contributed by atoms with van der Waals surface area (Å²) in [6.45, 7) is 8.22. The van der Waals surface area contributed by atoms with Crippen molar-refractivity contribution in [1.29, 1.82) is 0 Å². The minimum atomic E-state index is -1.00. The molecule has 0 aliphatic carbocycles. The number of aromatic amines is 1. The number of aryl methyl sites for hydroxylation is 1. The predicted molar refractivity (Wildman–Crippen MR) is 100 cm³/mol. The highest BCUT2D eigenvalue weighted by atomic mass is 16.4. The summed E-state index contributed by atoms with van der Waals surface area (Å²) in [6.07, 6.45) is 0.616. The van der Waals surface area contributed by atoms with Gasteiger partial charge in [0.25, 0.3) is 11.5 Å². The first-order chi connectivity index (χ1) is 12.6. The number of benzene rings is 1. The number of aromatic nitrogens is 2. The van der Waals surface area contributed by atoms with Gasteiger partial charge in [-0.2, -0.15) is 0 Å². The second kappa shape index (κ2) is 6.64. The number of nitrogens with zero attached hydrogens (tertiary/aromatic N) is 2. The number of nitrogens with one attached hydrogen (secondary N) is 1. The summed E-state index contributed by atoms with van der Waals surface area (Å²) in [5, 5.41) is 9.17. The van der Waals surface area contributed by atoms with Crippen molar-refractivity contribution in [2.24, 2.45) is 0 Å². The molecule has 2 N–H and O–H groups in total. The van der Waals surface area contributed by atoms with Crippen LogP contribution in [0.15, 0.2) is 23.0 Å². The molecule has 1 aromatic carbocycles. The normalized spacial score (nSPS) is 14.0. The molecule has 1 aliphatic heterocycles. The van der Waals surface area contributed by atoms with Gasteiger partial charge in [0.1, 0.15) is 11.4 Å². The van der Waals surface area contributed by atoms with Crippen molar-refractivity contribution in [3.8, 4) is 0 Å². The summed E-state index contributed by atoms with van der Waals surface area (Å²) in [6, 6.07) is 4.95. The van der Waals surface area contributed by atoms with E-state index in [4.69, 9.17) is 5.11 Å². The number of hydrogen-bond donors (Lipinski definition) is 2. The van der Waals surface area contributed by atoms with Gasteiger partial charge < -0.3 is 15.0 Å². The van der Waals surface area contributed by atoms with Crippen LogP contribution in [0.5, 0.6) is 0 Å². The minimum absolute atomic E-state index is 0.0424. The molecule has 0 fully saturated rings. The molecule has 0 saturated heterocycles. The van der Waals surface area contributed by atoms with E-state index in [0.29, 0.717) is 24.5 Å². The monoisotopic (exact) mass is 369 g/mol. The first-order valence-electron chi connectivity index (χ1n) is 8.83. The minimum Gasteiger partial charge on any atom is -0.478 e. The third kappa shape index (κ3) is 3.63. The lowest BCUT2D eigenvalue weighted by Gasteiger charge is -2.29. The molecule has 1 amide bonds. The van der Waals surface area contributed by atoms with E-state index in [2.05, 4.69) is 9.97 Å².